The molecule has 0 bridgehead atoms. The lowest BCUT2D eigenvalue weighted by Crippen LogP contribution is -2.21. The topological polar surface area (TPSA) is 108 Å². The summed E-state index contributed by atoms with van der Waals surface area (Å²) >= 11 is 6.42. The van der Waals surface area contributed by atoms with Gasteiger partial charge in [-0.15, -0.1) is 5.10 Å². The molecule has 6 rings (SSSR count). The van der Waals surface area contributed by atoms with Crippen molar-refractivity contribution in [1.82, 2.24) is 30.3 Å². The molecule has 198 valence electrons. The second-order valence-corrected chi connectivity index (χ2v) is 9.37. The molecule has 3 aromatic carbocycles. The summed E-state index contributed by atoms with van der Waals surface area (Å²) in [5, 5.41) is 21.5. The molecule has 39 heavy (non-hydrogen) atoms. The molecule has 5 aromatic rings. The molecule has 1 aliphatic rings. The number of hydrogen-bond acceptors (Lipinski definition) is 9. The quantitative estimate of drug-likeness (QED) is 0.282. The van der Waals surface area contributed by atoms with Gasteiger partial charge in [-0.1, -0.05) is 17.7 Å². The van der Waals surface area contributed by atoms with Gasteiger partial charge in [0.15, 0.2) is 5.82 Å². The molecule has 11 heteroatoms. The molecule has 3 heterocycles. The maximum Gasteiger partial charge on any atom is 0.208 e. The zero-order chi connectivity index (χ0) is 26.8. The lowest BCUT2D eigenvalue weighted by molar-refractivity contribution is 0.0342. The van der Waals surface area contributed by atoms with Crippen molar-refractivity contribution in [1.29, 1.82) is 0 Å². The summed E-state index contributed by atoms with van der Waals surface area (Å²) in [5.41, 5.74) is 5.27. The summed E-state index contributed by atoms with van der Waals surface area (Å²) in [4.78, 5) is 4.53. The number of fused-ring (bicyclic) bond motifs is 1. The van der Waals surface area contributed by atoms with Gasteiger partial charge in [0.25, 0.3) is 0 Å². The Hall–Kier alpha value is -4.25. The Bertz CT molecular complexity index is 1640. The van der Waals surface area contributed by atoms with Gasteiger partial charge in [0.05, 0.1) is 38.2 Å². The maximum atomic E-state index is 6.42. The third-order valence-corrected chi connectivity index (χ3v) is 6.82. The Morgan fingerprint density at radius 1 is 1.08 bits per heavy atom. The smallest absolute Gasteiger partial charge is 0.208 e. The van der Waals surface area contributed by atoms with E-state index in [4.69, 9.17) is 25.8 Å². The molecule has 0 saturated carbocycles. The van der Waals surface area contributed by atoms with Crippen LogP contribution in [0.15, 0.2) is 67.1 Å². The van der Waals surface area contributed by atoms with E-state index in [1.54, 1.807) is 31.4 Å². The highest BCUT2D eigenvalue weighted by Crippen LogP contribution is 2.35. The van der Waals surface area contributed by atoms with E-state index < -0.39 is 0 Å². The highest BCUT2D eigenvalue weighted by molar-refractivity contribution is 6.31. The van der Waals surface area contributed by atoms with Gasteiger partial charge in [-0.2, -0.15) is 10.2 Å². The lowest BCUT2D eigenvalue weighted by Gasteiger charge is -2.14. The molecular weight excluding hydrogens is 518 g/mol. The first-order valence-electron chi connectivity index (χ1n) is 12.4. The van der Waals surface area contributed by atoms with Crippen LogP contribution in [0.5, 0.6) is 11.5 Å². The van der Waals surface area contributed by atoms with Crippen molar-refractivity contribution in [2.24, 2.45) is 0 Å². The van der Waals surface area contributed by atoms with Crippen molar-refractivity contribution in [2.75, 3.05) is 32.7 Å². The largest absolute Gasteiger partial charge is 0.497 e. The molecule has 0 amide bonds. The number of benzene rings is 3. The predicted octanol–water partition coefficient (Wildman–Crippen LogP) is 4.91. The van der Waals surface area contributed by atoms with Crippen molar-refractivity contribution in [2.45, 2.75) is 12.9 Å². The number of aromatic nitrogens is 5. The monoisotopic (exact) mass is 543 g/mol. The Balaban J connectivity index is 1.31. The van der Waals surface area contributed by atoms with E-state index in [9.17, 15) is 0 Å². The summed E-state index contributed by atoms with van der Waals surface area (Å²) in [7, 11) is 3.28. The van der Waals surface area contributed by atoms with Gasteiger partial charge in [0.1, 0.15) is 17.8 Å². The second-order valence-electron chi connectivity index (χ2n) is 8.94. The van der Waals surface area contributed by atoms with Gasteiger partial charge in [-0.25, -0.2) is 9.67 Å². The van der Waals surface area contributed by atoms with E-state index in [2.05, 4.69) is 30.9 Å². The van der Waals surface area contributed by atoms with Gasteiger partial charge < -0.3 is 19.5 Å². The number of halogens is 1. The third-order valence-electron chi connectivity index (χ3n) is 6.58. The number of rotatable bonds is 8. The van der Waals surface area contributed by atoms with E-state index in [1.807, 2.05) is 54.6 Å². The average Bonchev–Trinajstić information content (AvgIpc) is 3.68. The van der Waals surface area contributed by atoms with E-state index in [-0.39, 0.29) is 6.35 Å². The standard InChI is InChI=1S/C28H26ClN7O3/c1-37-20-6-3-18(26(13-20)38-2)14-31-25-15-33-34-24-11-17(4-7-22(24)25)23-12-19(29)5-8-21(23)27-32-16-36(35-27)28-30-9-10-39-28/h3-8,11-13,15-16,28,30H,9-10,14H2,1-2H3,(H,31,34). The van der Waals surface area contributed by atoms with Crippen molar-refractivity contribution in [3.05, 3.63) is 77.7 Å². The highest BCUT2D eigenvalue weighted by Gasteiger charge is 2.20. The number of hydrogen-bond donors (Lipinski definition) is 2. The van der Waals surface area contributed by atoms with Crippen molar-refractivity contribution in [3.8, 4) is 34.0 Å². The van der Waals surface area contributed by atoms with E-state index in [1.165, 1.54) is 0 Å². The van der Waals surface area contributed by atoms with Crippen LogP contribution in [0.2, 0.25) is 5.02 Å². The Kier molecular flexibility index (Phi) is 6.97. The normalized spacial score (nSPS) is 15.0. The molecule has 1 aliphatic heterocycles. The fourth-order valence-corrected chi connectivity index (χ4v) is 4.77. The zero-order valence-electron chi connectivity index (χ0n) is 21.4. The number of ether oxygens (including phenoxy) is 3. The number of anilines is 1. The number of methoxy groups -OCH3 is 2. The van der Waals surface area contributed by atoms with Gasteiger partial charge in [-0.05, 0) is 53.6 Å². The Morgan fingerprint density at radius 2 is 2.00 bits per heavy atom. The summed E-state index contributed by atoms with van der Waals surface area (Å²) in [6, 6.07) is 17.5. The molecule has 0 aliphatic carbocycles. The first-order valence-corrected chi connectivity index (χ1v) is 12.8. The number of nitrogens with one attached hydrogen (secondary N) is 2. The summed E-state index contributed by atoms with van der Waals surface area (Å²) in [5.74, 6) is 2.06. The van der Waals surface area contributed by atoms with Gasteiger partial charge in [-0.3, -0.25) is 5.32 Å². The average molecular weight is 544 g/mol. The third kappa shape index (κ3) is 5.09. The molecule has 2 N–H and O–H groups in total. The summed E-state index contributed by atoms with van der Waals surface area (Å²) in [6.07, 6.45) is 3.07. The molecular formula is C28H26ClN7O3. The zero-order valence-corrected chi connectivity index (χ0v) is 22.1. The van der Waals surface area contributed by atoms with Crippen LogP contribution >= 0.6 is 11.6 Å². The molecule has 1 unspecified atom stereocenters. The molecule has 0 radical (unpaired) electrons. The van der Waals surface area contributed by atoms with Crippen molar-refractivity contribution < 1.29 is 14.2 Å². The molecule has 1 atom stereocenters. The van der Waals surface area contributed by atoms with Crippen molar-refractivity contribution in [3.63, 3.8) is 0 Å². The number of nitrogens with zero attached hydrogens (tertiary/aromatic N) is 5. The minimum absolute atomic E-state index is 0.318. The fourth-order valence-electron chi connectivity index (χ4n) is 4.60. The summed E-state index contributed by atoms with van der Waals surface area (Å²) < 4.78 is 18.2. The molecule has 2 aromatic heterocycles. The van der Waals surface area contributed by atoms with E-state index in [0.29, 0.717) is 24.0 Å². The summed E-state index contributed by atoms with van der Waals surface area (Å²) in [6.45, 7) is 1.95. The van der Waals surface area contributed by atoms with Crippen LogP contribution in [0.3, 0.4) is 0 Å². The van der Waals surface area contributed by atoms with Crippen LogP contribution in [0.4, 0.5) is 5.69 Å². The van der Waals surface area contributed by atoms with Crippen LogP contribution in [-0.4, -0.2) is 52.3 Å². The highest BCUT2D eigenvalue weighted by atomic mass is 35.5. The molecule has 1 saturated heterocycles. The van der Waals surface area contributed by atoms with E-state index >= 15 is 0 Å². The molecule has 0 spiro atoms. The van der Waals surface area contributed by atoms with Crippen molar-refractivity contribution >= 4 is 28.2 Å². The maximum absolute atomic E-state index is 6.42. The minimum Gasteiger partial charge on any atom is -0.497 e. The van der Waals surface area contributed by atoms with Crippen LogP contribution in [-0.2, 0) is 11.3 Å². The lowest BCUT2D eigenvalue weighted by atomic mass is 9.98. The minimum atomic E-state index is -0.318. The molecule has 10 nitrogen and oxygen atoms in total. The molecule has 1 fully saturated rings. The van der Waals surface area contributed by atoms with E-state index in [0.717, 1.165) is 56.9 Å². The fraction of sp³-hybridized carbons (Fsp3) is 0.214. The van der Waals surface area contributed by atoms with Gasteiger partial charge >= 0.3 is 0 Å². The van der Waals surface area contributed by atoms with Gasteiger partial charge in [0.2, 0.25) is 6.35 Å². The Labute approximate surface area is 229 Å². The predicted molar refractivity (Wildman–Crippen MR) is 149 cm³/mol. The first-order chi connectivity index (χ1) is 19.1. The van der Waals surface area contributed by atoms with Crippen LogP contribution in [0.25, 0.3) is 33.4 Å². The SMILES string of the molecule is COc1ccc(CNc2cnnc3cc(-c4cc(Cl)ccc4-c4ncn(C5NCCO5)n4)ccc23)c(OC)c1. The second kappa shape index (κ2) is 10.9. The van der Waals surface area contributed by atoms with Crippen LogP contribution < -0.4 is 20.1 Å². The van der Waals surface area contributed by atoms with Gasteiger partial charge in [0, 0.05) is 40.7 Å². The first kappa shape index (κ1) is 25.1. The Morgan fingerprint density at radius 3 is 2.82 bits per heavy atom. The van der Waals surface area contributed by atoms with Crippen LogP contribution in [0, 0.1) is 0 Å². The van der Waals surface area contributed by atoms with Crippen LogP contribution in [0.1, 0.15) is 11.9 Å².